The highest BCUT2D eigenvalue weighted by Gasteiger charge is 2.37. The number of hydrogen-bond acceptors (Lipinski definition) is 4. The second kappa shape index (κ2) is 5.85. The predicted molar refractivity (Wildman–Crippen MR) is 79.6 cm³/mol. The summed E-state index contributed by atoms with van der Waals surface area (Å²) in [5.41, 5.74) is 7.18. The van der Waals surface area contributed by atoms with Crippen molar-refractivity contribution in [2.75, 3.05) is 24.7 Å². The van der Waals surface area contributed by atoms with Crippen LogP contribution in [-0.2, 0) is 0 Å². The lowest BCUT2D eigenvalue weighted by molar-refractivity contribution is 0.413. The molecule has 1 saturated heterocycles. The molecule has 1 aromatic carbocycles. The maximum atomic E-state index is 6.03. The first-order valence-electron chi connectivity index (χ1n) is 6.44. The molecule has 2 atom stereocenters. The smallest absolute Gasteiger partial charge is 0.119 e. The van der Waals surface area contributed by atoms with E-state index >= 15 is 0 Å². The molecule has 0 bridgehead atoms. The highest BCUT2D eigenvalue weighted by Crippen LogP contribution is 2.36. The molecule has 1 aliphatic rings. The number of nitrogens with one attached hydrogen (secondary N) is 1. The Morgan fingerprint density at radius 1 is 1.44 bits per heavy atom. The van der Waals surface area contributed by atoms with Crippen molar-refractivity contribution in [2.45, 2.75) is 30.6 Å². The van der Waals surface area contributed by atoms with E-state index in [0.29, 0.717) is 11.8 Å². The topological polar surface area (TPSA) is 47.3 Å². The van der Waals surface area contributed by atoms with Crippen LogP contribution in [0.1, 0.15) is 19.8 Å². The molecule has 1 aliphatic heterocycles. The largest absolute Gasteiger partial charge is 0.497 e. The van der Waals surface area contributed by atoms with E-state index in [4.69, 9.17) is 10.5 Å². The first kappa shape index (κ1) is 13.6. The summed E-state index contributed by atoms with van der Waals surface area (Å²) in [5, 5.41) is 4.18. The molecule has 1 aromatic rings. The summed E-state index contributed by atoms with van der Waals surface area (Å²) in [4.78, 5) is 0. The van der Waals surface area contributed by atoms with Crippen LogP contribution in [0.4, 0.5) is 5.69 Å². The van der Waals surface area contributed by atoms with Crippen molar-refractivity contribution in [3.8, 4) is 5.75 Å². The maximum absolute atomic E-state index is 6.03. The third kappa shape index (κ3) is 2.75. The number of anilines is 1. The van der Waals surface area contributed by atoms with Crippen LogP contribution in [0.15, 0.2) is 24.3 Å². The molecule has 0 saturated carbocycles. The molecule has 18 heavy (non-hydrogen) atoms. The molecule has 0 radical (unpaired) electrons. The highest BCUT2D eigenvalue weighted by atomic mass is 32.2. The van der Waals surface area contributed by atoms with Crippen molar-refractivity contribution in [1.29, 1.82) is 0 Å². The maximum Gasteiger partial charge on any atom is 0.119 e. The van der Waals surface area contributed by atoms with Crippen molar-refractivity contribution in [3.05, 3.63) is 24.3 Å². The number of ether oxygens (including phenoxy) is 1. The Morgan fingerprint density at radius 2 is 2.17 bits per heavy atom. The third-order valence-electron chi connectivity index (χ3n) is 3.76. The highest BCUT2D eigenvalue weighted by molar-refractivity contribution is 8.00. The van der Waals surface area contributed by atoms with Gasteiger partial charge in [0.25, 0.3) is 0 Å². The summed E-state index contributed by atoms with van der Waals surface area (Å²) in [5.74, 6) is 2.13. The van der Waals surface area contributed by atoms with Gasteiger partial charge in [-0.2, -0.15) is 11.8 Å². The van der Waals surface area contributed by atoms with E-state index in [0.717, 1.165) is 17.9 Å². The molecule has 0 aromatic heterocycles. The van der Waals surface area contributed by atoms with E-state index < -0.39 is 0 Å². The Balaban J connectivity index is 2.13. The van der Waals surface area contributed by atoms with Gasteiger partial charge in [0.05, 0.1) is 12.6 Å². The van der Waals surface area contributed by atoms with Crippen molar-refractivity contribution in [2.24, 2.45) is 5.73 Å². The lowest BCUT2D eigenvalue weighted by atomic mass is 9.89. The van der Waals surface area contributed by atoms with Crippen LogP contribution < -0.4 is 15.8 Å². The quantitative estimate of drug-likeness (QED) is 0.879. The molecule has 0 spiro atoms. The molecule has 100 valence electrons. The summed E-state index contributed by atoms with van der Waals surface area (Å²) in [6.07, 6.45) is 2.37. The summed E-state index contributed by atoms with van der Waals surface area (Å²) < 4.78 is 5.18. The SMILES string of the molecule is COc1ccc(NC2(CN)CCCSC2C)cc1. The van der Waals surface area contributed by atoms with Crippen molar-refractivity contribution < 1.29 is 4.74 Å². The van der Waals surface area contributed by atoms with Gasteiger partial charge in [-0.3, -0.25) is 0 Å². The molecule has 1 fully saturated rings. The van der Waals surface area contributed by atoms with Crippen LogP contribution in [0, 0.1) is 0 Å². The van der Waals surface area contributed by atoms with Gasteiger partial charge in [0, 0.05) is 17.5 Å². The summed E-state index contributed by atoms with van der Waals surface area (Å²) in [7, 11) is 1.68. The molecular formula is C14H22N2OS. The van der Waals surface area contributed by atoms with E-state index in [9.17, 15) is 0 Å². The fourth-order valence-electron chi connectivity index (χ4n) is 2.46. The van der Waals surface area contributed by atoms with Gasteiger partial charge in [0.1, 0.15) is 5.75 Å². The minimum absolute atomic E-state index is 0.0253. The Hall–Kier alpha value is -0.870. The van der Waals surface area contributed by atoms with Crippen LogP contribution in [0.2, 0.25) is 0 Å². The minimum Gasteiger partial charge on any atom is -0.497 e. The fraction of sp³-hybridized carbons (Fsp3) is 0.571. The van der Waals surface area contributed by atoms with Crippen LogP contribution in [0.3, 0.4) is 0 Å². The van der Waals surface area contributed by atoms with Crippen molar-refractivity contribution in [1.82, 2.24) is 0 Å². The van der Waals surface area contributed by atoms with Gasteiger partial charge in [0.15, 0.2) is 0 Å². The number of benzene rings is 1. The number of nitrogens with two attached hydrogens (primary N) is 1. The summed E-state index contributed by atoms with van der Waals surface area (Å²) in [6, 6.07) is 8.07. The predicted octanol–water partition coefficient (Wildman–Crippen LogP) is 2.72. The lowest BCUT2D eigenvalue weighted by Crippen LogP contribution is -2.54. The van der Waals surface area contributed by atoms with E-state index in [1.54, 1.807) is 7.11 Å². The average Bonchev–Trinajstić information content (AvgIpc) is 2.42. The van der Waals surface area contributed by atoms with E-state index in [2.05, 4.69) is 24.4 Å². The number of rotatable bonds is 4. The van der Waals surface area contributed by atoms with Crippen molar-refractivity contribution in [3.63, 3.8) is 0 Å². The first-order valence-corrected chi connectivity index (χ1v) is 7.49. The third-order valence-corrected chi connectivity index (χ3v) is 5.24. The zero-order chi connectivity index (χ0) is 13.0. The average molecular weight is 266 g/mol. The number of methoxy groups -OCH3 is 1. The zero-order valence-corrected chi connectivity index (χ0v) is 11.9. The number of thioether (sulfide) groups is 1. The lowest BCUT2D eigenvalue weighted by Gasteiger charge is -2.43. The standard InChI is InChI=1S/C14H22N2OS/c1-11-14(10-15,8-3-9-18-11)16-12-4-6-13(17-2)7-5-12/h4-7,11,16H,3,8-10,15H2,1-2H3. The molecule has 0 aliphatic carbocycles. The number of hydrogen-bond donors (Lipinski definition) is 2. The Kier molecular flexibility index (Phi) is 4.40. The van der Waals surface area contributed by atoms with Crippen LogP contribution >= 0.6 is 11.8 Å². The second-order valence-corrected chi connectivity index (χ2v) is 6.28. The van der Waals surface area contributed by atoms with Crippen molar-refractivity contribution >= 4 is 17.4 Å². The molecule has 4 heteroatoms. The first-order chi connectivity index (χ1) is 8.70. The molecule has 1 heterocycles. The second-order valence-electron chi connectivity index (χ2n) is 4.83. The van der Waals surface area contributed by atoms with Gasteiger partial charge in [0.2, 0.25) is 0 Å². The van der Waals surface area contributed by atoms with Gasteiger partial charge >= 0.3 is 0 Å². The van der Waals surface area contributed by atoms with Gasteiger partial charge in [-0.05, 0) is 42.9 Å². The molecule has 2 unspecified atom stereocenters. The van der Waals surface area contributed by atoms with Gasteiger partial charge < -0.3 is 15.8 Å². The zero-order valence-electron chi connectivity index (χ0n) is 11.1. The Bertz CT molecular complexity index is 382. The van der Waals surface area contributed by atoms with Crippen LogP contribution in [-0.4, -0.2) is 30.2 Å². The monoisotopic (exact) mass is 266 g/mol. The van der Waals surface area contributed by atoms with E-state index in [1.807, 2.05) is 23.9 Å². The molecule has 0 amide bonds. The van der Waals surface area contributed by atoms with Crippen LogP contribution in [0.25, 0.3) is 0 Å². The van der Waals surface area contributed by atoms with Gasteiger partial charge in [-0.1, -0.05) is 6.92 Å². The van der Waals surface area contributed by atoms with E-state index in [1.165, 1.54) is 12.2 Å². The van der Waals surface area contributed by atoms with Crippen LogP contribution in [0.5, 0.6) is 5.75 Å². The molecule has 3 N–H and O–H groups in total. The summed E-state index contributed by atoms with van der Waals surface area (Å²) >= 11 is 2.01. The van der Waals surface area contributed by atoms with E-state index in [-0.39, 0.29) is 5.54 Å². The molecular weight excluding hydrogens is 244 g/mol. The van der Waals surface area contributed by atoms with Gasteiger partial charge in [-0.15, -0.1) is 0 Å². The molecule has 2 rings (SSSR count). The fourth-order valence-corrected chi connectivity index (χ4v) is 3.71. The molecule has 3 nitrogen and oxygen atoms in total. The van der Waals surface area contributed by atoms with Gasteiger partial charge in [-0.25, -0.2) is 0 Å². The normalized spacial score (nSPS) is 27.8. The Labute approximate surface area is 113 Å². The Morgan fingerprint density at radius 3 is 2.72 bits per heavy atom. The summed E-state index contributed by atoms with van der Waals surface area (Å²) in [6.45, 7) is 2.94. The minimum atomic E-state index is 0.0253.